The minimum absolute atomic E-state index is 0. The number of rotatable bonds is 4. The van der Waals surface area contributed by atoms with Gasteiger partial charge in [-0.25, -0.2) is 4.68 Å². The molecule has 2 aromatic rings. The van der Waals surface area contributed by atoms with Gasteiger partial charge in [0.15, 0.2) is 0 Å². The lowest BCUT2D eigenvalue weighted by Crippen LogP contribution is -2.40. The summed E-state index contributed by atoms with van der Waals surface area (Å²) in [4.78, 5) is 14.6. The molecule has 0 spiro atoms. The fraction of sp³-hybridized carbons (Fsp3) is 0.375. The molecule has 1 unspecified atom stereocenters. The lowest BCUT2D eigenvalue weighted by Gasteiger charge is -2.23. The quantitative estimate of drug-likeness (QED) is 0.860. The van der Waals surface area contributed by atoms with E-state index < -0.39 is 0 Å². The van der Waals surface area contributed by atoms with Gasteiger partial charge in [0.2, 0.25) is 0 Å². The summed E-state index contributed by atoms with van der Waals surface area (Å²) in [6, 6.07) is 8.13. The molecule has 23 heavy (non-hydrogen) atoms. The molecule has 1 fully saturated rings. The molecule has 0 saturated carbocycles. The number of amides is 1. The Labute approximate surface area is 150 Å². The van der Waals surface area contributed by atoms with Gasteiger partial charge in [-0.1, -0.05) is 15.9 Å². The second-order valence-electron chi connectivity index (χ2n) is 5.50. The molecule has 1 N–H and O–H groups in total. The molecule has 2 heterocycles. The molecule has 124 valence electrons. The number of benzene rings is 1. The third-order valence-corrected chi connectivity index (χ3v) is 4.53. The predicted molar refractivity (Wildman–Crippen MR) is 96.5 cm³/mol. The Morgan fingerprint density at radius 3 is 2.83 bits per heavy atom. The first-order valence-corrected chi connectivity index (χ1v) is 8.24. The van der Waals surface area contributed by atoms with E-state index in [9.17, 15) is 4.79 Å². The highest BCUT2D eigenvalue weighted by atomic mass is 79.9. The maximum atomic E-state index is 12.7. The maximum absolute atomic E-state index is 12.7. The largest absolute Gasteiger partial charge is 0.334 e. The molecule has 1 aromatic carbocycles. The molecule has 0 aliphatic carbocycles. The molecule has 1 aliphatic rings. The first kappa shape index (κ1) is 18.0. The summed E-state index contributed by atoms with van der Waals surface area (Å²) in [5.74, 6) is 0.0705. The Bertz CT molecular complexity index is 658. The van der Waals surface area contributed by atoms with Crippen LogP contribution in [0.3, 0.4) is 0 Å². The normalized spacial score (nSPS) is 17.1. The number of nitrogens with zero attached hydrogens (tertiary/aromatic N) is 3. The van der Waals surface area contributed by atoms with E-state index >= 15 is 0 Å². The highest BCUT2D eigenvalue weighted by Gasteiger charge is 2.29. The van der Waals surface area contributed by atoms with Crippen LogP contribution in [0.5, 0.6) is 0 Å². The fourth-order valence-corrected chi connectivity index (χ4v) is 3.15. The van der Waals surface area contributed by atoms with Crippen LogP contribution in [0.15, 0.2) is 41.1 Å². The van der Waals surface area contributed by atoms with Crippen molar-refractivity contribution in [2.75, 3.05) is 20.1 Å². The standard InChI is InChI=1S/C16H19BrN4O.ClH/c1-18-10-15-3-2-8-20(15)16(22)12-9-19-21(11-12)14-6-4-13(17)5-7-14;/h4-7,9,11,15,18H,2-3,8,10H2,1H3;1H. The van der Waals surface area contributed by atoms with Crippen molar-refractivity contribution in [1.82, 2.24) is 20.0 Å². The van der Waals surface area contributed by atoms with Crippen LogP contribution >= 0.6 is 28.3 Å². The highest BCUT2D eigenvalue weighted by Crippen LogP contribution is 2.20. The molecule has 1 saturated heterocycles. The van der Waals surface area contributed by atoms with Gasteiger partial charge in [0.05, 0.1) is 17.4 Å². The Hall–Kier alpha value is -1.37. The number of hydrogen-bond donors (Lipinski definition) is 1. The van der Waals surface area contributed by atoms with Crippen molar-refractivity contribution in [2.45, 2.75) is 18.9 Å². The van der Waals surface area contributed by atoms with Crippen molar-refractivity contribution < 1.29 is 4.79 Å². The van der Waals surface area contributed by atoms with Gasteiger partial charge in [-0.15, -0.1) is 12.4 Å². The molecule has 1 atom stereocenters. The number of likely N-dealkylation sites (N-methyl/N-ethyl adjacent to an activating group) is 1. The lowest BCUT2D eigenvalue weighted by atomic mass is 10.2. The highest BCUT2D eigenvalue weighted by molar-refractivity contribution is 9.10. The first-order chi connectivity index (χ1) is 10.7. The SMILES string of the molecule is CNCC1CCCN1C(=O)c1cnn(-c2ccc(Br)cc2)c1.Cl. The van der Waals surface area contributed by atoms with Gasteiger partial charge in [-0.2, -0.15) is 5.10 Å². The fourth-order valence-electron chi connectivity index (χ4n) is 2.89. The van der Waals surface area contributed by atoms with Crippen LogP contribution < -0.4 is 5.32 Å². The Balaban J connectivity index is 0.00000192. The van der Waals surface area contributed by atoms with Gasteiger partial charge in [0, 0.05) is 29.8 Å². The molecule has 1 aromatic heterocycles. The molecule has 1 aliphatic heterocycles. The Morgan fingerprint density at radius 1 is 1.39 bits per heavy atom. The zero-order valence-electron chi connectivity index (χ0n) is 12.9. The molecular weight excluding hydrogens is 380 g/mol. The number of nitrogens with one attached hydrogen (secondary N) is 1. The van der Waals surface area contributed by atoms with E-state index in [1.165, 1.54) is 0 Å². The zero-order valence-corrected chi connectivity index (χ0v) is 15.3. The van der Waals surface area contributed by atoms with Crippen molar-refractivity contribution in [3.8, 4) is 5.69 Å². The third kappa shape index (κ3) is 3.94. The summed E-state index contributed by atoms with van der Waals surface area (Å²) >= 11 is 3.42. The minimum atomic E-state index is 0. The van der Waals surface area contributed by atoms with Crippen molar-refractivity contribution in [3.05, 3.63) is 46.7 Å². The second kappa shape index (κ2) is 7.95. The van der Waals surface area contributed by atoms with Gasteiger partial charge >= 0.3 is 0 Å². The van der Waals surface area contributed by atoms with Crippen LogP contribution in [-0.2, 0) is 0 Å². The van der Waals surface area contributed by atoms with E-state index in [-0.39, 0.29) is 24.4 Å². The molecule has 0 bridgehead atoms. The number of aromatic nitrogens is 2. The summed E-state index contributed by atoms with van der Waals surface area (Å²) in [7, 11) is 1.92. The zero-order chi connectivity index (χ0) is 15.5. The van der Waals surface area contributed by atoms with E-state index in [1.807, 2.05) is 36.2 Å². The first-order valence-electron chi connectivity index (χ1n) is 7.45. The van der Waals surface area contributed by atoms with E-state index in [0.717, 1.165) is 36.1 Å². The molecular formula is C16H20BrClN4O. The summed E-state index contributed by atoms with van der Waals surface area (Å²) in [6.45, 7) is 1.67. The molecule has 5 nitrogen and oxygen atoms in total. The summed E-state index contributed by atoms with van der Waals surface area (Å²) in [6.07, 6.45) is 5.59. The Kier molecular flexibility index (Phi) is 6.21. The molecule has 0 radical (unpaired) electrons. The monoisotopic (exact) mass is 398 g/mol. The summed E-state index contributed by atoms with van der Waals surface area (Å²) < 4.78 is 2.76. The number of halogens is 2. The number of carbonyl (C=O) groups excluding carboxylic acids is 1. The van der Waals surface area contributed by atoms with Crippen molar-refractivity contribution >= 4 is 34.2 Å². The van der Waals surface area contributed by atoms with Crippen LogP contribution in [0.25, 0.3) is 5.69 Å². The maximum Gasteiger partial charge on any atom is 0.257 e. The van der Waals surface area contributed by atoms with Crippen molar-refractivity contribution in [2.24, 2.45) is 0 Å². The minimum Gasteiger partial charge on any atom is -0.334 e. The summed E-state index contributed by atoms with van der Waals surface area (Å²) in [5.41, 5.74) is 1.58. The molecule has 3 rings (SSSR count). The van der Waals surface area contributed by atoms with Crippen molar-refractivity contribution in [3.63, 3.8) is 0 Å². The van der Waals surface area contributed by atoms with Gasteiger partial charge in [-0.3, -0.25) is 4.79 Å². The number of likely N-dealkylation sites (tertiary alicyclic amines) is 1. The lowest BCUT2D eigenvalue weighted by molar-refractivity contribution is 0.0737. The van der Waals surface area contributed by atoms with Crippen LogP contribution in [0.2, 0.25) is 0 Å². The molecule has 7 heteroatoms. The average molecular weight is 400 g/mol. The van der Waals surface area contributed by atoms with Crippen LogP contribution in [0.4, 0.5) is 0 Å². The van der Waals surface area contributed by atoms with E-state index in [1.54, 1.807) is 17.1 Å². The van der Waals surface area contributed by atoms with Crippen LogP contribution in [0, 0.1) is 0 Å². The van der Waals surface area contributed by atoms with Crippen LogP contribution in [0.1, 0.15) is 23.2 Å². The van der Waals surface area contributed by atoms with Gasteiger partial charge in [0.1, 0.15) is 0 Å². The Morgan fingerprint density at radius 2 is 2.13 bits per heavy atom. The number of carbonyl (C=O) groups is 1. The number of hydrogen-bond acceptors (Lipinski definition) is 3. The van der Waals surface area contributed by atoms with Gasteiger partial charge in [-0.05, 0) is 44.2 Å². The average Bonchev–Trinajstić information content (AvgIpc) is 3.17. The second-order valence-corrected chi connectivity index (χ2v) is 6.42. The van der Waals surface area contributed by atoms with E-state index in [4.69, 9.17) is 0 Å². The van der Waals surface area contributed by atoms with Gasteiger partial charge in [0.25, 0.3) is 5.91 Å². The third-order valence-electron chi connectivity index (χ3n) is 4.00. The van der Waals surface area contributed by atoms with Gasteiger partial charge < -0.3 is 10.2 Å². The van der Waals surface area contributed by atoms with E-state index in [0.29, 0.717) is 5.56 Å². The predicted octanol–water partition coefficient (Wildman–Crippen LogP) is 2.88. The topological polar surface area (TPSA) is 50.2 Å². The van der Waals surface area contributed by atoms with Crippen molar-refractivity contribution in [1.29, 1.82) is 0 Å². The molecule has 1 amide bonds. The van der Waals surface area contributed by atoms with E-state index in [2.05, 4.69) is 26.3 Å². The van der Waals surface area contributed by atoms with Crippen LogP contribution in [-0.4, -0.2) is 46.8 Å². The summed E-state index contributed by atoms with van der Waals surface area (Å²) in [5, 5.41) is 7.48. The smallest absolute Gasteiger partial charge is 0.257 e.